The highest BCUT2D eigenvalue weighted by Gasteiger charge is 2.13. The highest BCUT2D eigenvalue weighted by molar-refractivity contribution is 5.52. The third-order valence-electron chi connectivity index (χ3n) is 5.38. The summed E-state index contributed by atoms with van der Waals surface area (Å²) in [6.07, 6.45) is 3.39. The predicted octanol–water partition coefficient (Wildman–Crippen LogP) is 3.13. The van der Waals surface area contributed by atoms with Crippen molar-refractivity contribution in [3.05, 3.63) is 48.2 Å². The molecular formula is C23H30N8O2. The van der Waals surface area contributed by atoms with E-state index in [-0.39, 0.29) is 5.95 Å². The molecule has 3 N–H and O–H groups in total. The molecule has 3 aromatic heterocycles. The predicted molar refractivity (Wildman–Crippen MR) is 127 cm³/mol. The SMILES string of the molecule is CCN(CC)CCCOc1ccc(CCNc2nc(N)n3nc(-c4ccco4)nc3n2)cc1. The van der Waals surface area contributed by atoms with E-state index >= 15 is 0 Å². The second kappa shape index (κ2) is 10.8. The van der Waals surface area contributed by atoms with E-state index in [2.05, 4.69) is 56.2 Å². The normalized spacial score (nSPS) is 11.4. The quantitative estimate of drug-likeness (QED) is 0.314. The van der Waals surface area contributed by atoms with Gasteiger partial charge in [-0.1, -0.05) is 26.0 Å². The van der Waals surface area contributed by atoms with E-state index in [0.717, 1.165) is 44.8 Å². The van der Waals surface area contributed by atoms with E-state index in [0.29, 0.717) is 29.9 Å². The molecule has 174 valence electrons. The lowest BCUT2D eigenvalue weighted by atomic mass is 10.1. The van der Waals surface area contributed by atoms with E-state index in [4.69, 9.17) is 14.9 Å². The number of ether oxygens (including phenoxy) is 1. The summed E-state index contributed by atoms with van der Waals surface area (Å²) >= 11 is 0. The maximum atomic E-state index is 6.03. The van der Waals surface area contributed by atoms with Crippen LogP contribution in [0.15, 0.2) is 47.1 Å². The first kappa shape index (κ1) is 22.5. The van der Waals surface area contributed by atoms with E-state index in [1.54, 1.807) is 18.4 Å². The fourth-order valence-corrected chi connectivity index (χ4v) is 3.48. The van der Waals surface area contributed by atoms with Gasteiger partial charge in [0.15, 0.2) is 5.76 Å². The van der Waals surface area contributed by atoms with Crippen molar-refractivity contribution in [1.29, 1.82) is 0 Å². The fourth-order valence-electron chi connectivity index (χ4n) is 3.48. The Labute approximate surface area is 192 Å². The molecular weight excluding hydrogens is 420 g/mol. The smallest absolute Gasteiger partial charge is 0.259 e. The average Bonchev–Trinajstić information content (AvgIpc) is 3.50. The Hall–Kier alpha value is -3.66. The van der Waals surface area contributed by atoms with Crippen LogP contribution in [0.1, 0.15) is 25.8 Å². The summed E-state index contributed by atoms with van der Waals surface area (Å²) in [5.41, 5.74) is 7.22. The third-order valence-corrected chi connectivity index (χ3v) is 5.38. The molecule has 33 heavy (non-hydrogen) atoms. The second-order valence-corrected chi connectivity index (χ2v) is 7.58. The van der Waals surface area contributed by atoms with Crippen LogP contribution in [0.4, 0.5) is 11.9 Å². The van der Waals surface area contributed by atoms with Gasteiger partial charge in [0.1, 0.15) is 5.75 Å². The molecule has 0 aliphatic carbocycles. The highest BCUT2D eigenvalue weighted by Crippen LogP contribution is 2.18. The van der Waals surface area contributed by atoms with Gasteiger partial charge in [0.05, 0.1) is 12.9 Å². The molecule has 10 nitrogen and oxygen atoms in total. The van der Waals surface area contributed by atoms with Crippen LogP contribution < -0.4 is 15.8 Å². The van der Waals surface area contributed by atoms with Crippen molar-refractivity contribution in [3.63, 3.8) is 0 Å². The molecule has 0 saturated heterocycles. The van der Waals surface area contributed by atoms with Gasteiger partial charge in [-0.2, -0.15) is 19.5 Å². The number of aromatic nitrogens is 5. The van der Waals surface area contributed by atoms with Crippen molar-refractivity contribution in [2.75, 3.05) is 43.8 Å². The minimum Gasteiger partial charge on any atom is -0.494 e. The van der Waals surface area contributed by atoms with Crippen LogP contribution in [0.25, 0.3) is 17.4 Å². The summed E-state index contributed by atoms with van der Waals surface area (Å²) in [6.45, 7) is 8.97. The lowest BCUT2D eigenvalue weighted by molar-refractivity contribution is 0.249. The summed E-state index contributed by atoms with van der Waals surface area (Å²) in [6, 6.07) is 11.7. The number of nitrogens with two attached hydrogens (primary N) is 1. The zero-order chi connectivity index (χ0) is 23.0. The molecule has 3 heterocycles. The zero-order valence-electron chi connectivity index (χ0n) is 19.1. The van der Waals surface area contributed by atoms with Gasteiger partial charge in [0.2, 0.25) is 17.7 Å². The average molecular weight is 451 g/mol. The molecule has 10 heteroatoms. The largest absolute Gasteiger partial charge is 0.494 e. The molecule has 0 saturated carbocycles. The van der Waals surface area contributed by atoms with Gasteiger partial charge < -0.3 is 25.1 Å². The monoisotopic (exact) mass is 450 g/mol. The Bertz CT molecular complexity index is 1140. The maximum absolute atomic E-state index is 6.03. The van der Waals surface area contributed by atoms with Crippen LogP contribution in [-0.4, -0.2) is 62.3 Å². The van der Waals surface area contributed by atoms with Crippen molar-refractivity contribution in [1.82, 2.24) is 29.5 Å². The molecule has 0 unspecified atom stereocenters. The second-order valence-electron chi connectivity index (χ2n) is 7.58. The molecule has 0 radical (unpaired) electrons. The van der Waals surface area contributed by atoms with E-state index in [1.165, 1.54) is 10.1 Å². The van der Waals surface area contributed by atoms with Crippen LogP contribution in [0.2, 0.25) is 0 Å². The lowest BCUT2D eigenvalue weighted by Gasteiger charge is -2.17. The van der Waals surface area contributed by atoms with Gasteiger partial charge in [-0.05, 0) is 55.8 Å². The maximum Gasteiger partial charge on any atom is 0.259 e. The van der Waals surface area contributed by atoms with Crippen LogP contribution in [0.3, 0.4) is 0 Å². The van der Waals surface area contributed by atoms with Crippen LogP contribution in [0.5, 0.6) is 5.75 Å². The fraction of sp³-hybridized carbons (Fsp3) is 0.391. The molecule has 1 aromatic carbocycles. The molecule has 4 rings (SSSR count). The van der Waals surface area contributed by atoms with Crippen molar-refractivity contribution < 1.29 is 9.15 Å². The minimum atomic E-state index is 0.204. The summed E-state index contributed by atoms with van der Waals surface area (Å²) in [5, 5.41) is 7.50. The molecule has 0 atom stereocenters. The van der Waals surface area contributed by atoms with Gasteiger partial charge >= 0.3 is 0 Å². The number of nitrogens with zero attached hydrogens (tertiary/aromatic N) is 6. The summed E-state index contributed by atoms with van der Waals surface area (Å²) in [5.74, 6) is 2.83. The molecule has 0 spiro atoms. The number of benzene rings is 1. The van der Waals surface area contributed by atoms with Gasteiger partial charge in [-0.3, -0.25) is 0 Å². The Kier molecular flexibility index (Phi) is 7.36. The lowest BCUT2D eigenvalue weighted by Crippen LogP contribution is -2.25. The topological polar surface area (TPSA) is 120 Å². The Morgan fingerprint density at radius 2 is 1.91 bits per heavy atom. The van der Waals surface area contributed by atoms with Crippen molar-refractivity contribution in [2.24, 2.45) is 0 Å². The highest BCUT2D eigenvalue weighted by atomic mass is 16.5. The van der Waals surface area contributed by atoms with Gasteiger partial charge in [0, 0.05) is 13.1 Å². The summed E-state index contributed by atoms with van der Waals surface area (Å²) in [7, 11) is 0. The number of nitrogen functional groups attached to an aromatic ring is 1. The van der Waals surface area contributed by atoms with E-state index < -0.39 is 0 Å². The van der Waals surface area contributed by atoms with Gasteiger partial charge in [-0.25, -0.2) is 0 Å². The minimum absolute atomic E-state index is 0.204. The van der Waals surface area contributed by atoms with Crippen LogP contribution in [-0.2, 0) is 6.42 Å². The molecule has 0 aliphatic rings. The number of hydrogen-bond donors (Lipinski definition) is 2. The third kappa shape index (κ3) is 5.78. The number of rotatable bonds is 12. The molecule has 0 fully saturated rings. The number of nitrogens with one attached hydrogen (secondary N) is 1. The first-order valence-corrected chi connectivity index (χ1v) is 11.3. The van der Waals surface area contributed by atoms with E-state index in [9.17, 15) is 0 Å². The van der Waals surface area contributed by atoms with E-state index in [1.807, 2.05) is 12.1 Å². The first-order valence-electron chi connectivity index (χ1n) is 11.3. The Balaban J connectivity index is 1.27. The van der Waals surface area contributed by atoms with Gasteiger partial charge in [-0.15, -0.1) is 5.10 Å². The van der Waals surface area contributed by atoms with Gasteiger partial charge in [0.25, 0.3) is 5.78 Å². The van der Waals surface area contributed by atoms with Crippen LogP contribution >= 0.6 is 0 Å². The standard InChI is InChI=1S/C23H30N8O2/c1-3-30(4-2)14-6-16-32-18-10-8-17(9-11-18)12-13-25-22-27-21(24)31-23(28-22)26-20(29-31)19-7-5-15-33-19/h5,7-11,15H,3-4,6,12-14,16H2,1-2H3,(H3,24,25,26,27,28,29). The first-order chi connectivity index (χ1) is 16.2. The van der Waals surface area contributed by atoms with Crippen LogP contribution in [0, 0.1) is 0 Å². The number of anilines is 2. The molecule has 0 aliphatic heterocycles. The number of hydrogen-bond acceptors (Lipinski definition) is 9. The van der Waals surface area contributed by atoms with Crippen molar-refractivity contribution >= 4 is 17.7 Å². The zero-order valence-corrected chi connectivity index (χ0v) is 19.1. The molecule has 0 amide bonds. The number of furan rings is 1. The summed E-state index contributed by atoms with van der Waals surface area (Å²) < 4.78 is 12.6. The molecule has 0 bridgehead atoms. The Morgan fingerprint density at radius 3 is 2.64 bits per heavy atom. The van der Waals surface area contributed by atoms with Crippen molar-refractivity contribution in [2.45, 2.75) is 26.7 Å². The molecule has 4 aromatic rings. The Morgan fingerprint density at radius 1 is 1.09 bits per heavy atom. The van der Waals surface area contributed by atoms with Crippen molar-refractivity contribution in [3.8, 4) is 17.3 Å². The summed E-state index contributed by atoms with van der Waals surface area (Å²) in [4.78, 5) is 15.4. The number of fused-ring (bicyclic) bond motifs is 1.